The SMILES string of the molecule is CCC(Sc1cccc(NC(=O)/C(=C\c2ccccc2[N+](=O)[O-])NC(=O)c2ccccc2)c1)C(=O)Nc1ccccc1. The summed E-state index contributed by atoms with van der Waals surface area (Å²) in [7, 11) is 0. The largest absolute Gasteiger partial charge is 0.325 e. The molecular formula is C32H28N4O5S. The number of nitro benzene ring substituents is 1. The molecule has 0 aliphatic carbocycles. The summed E-state index contributed by atoms with van der Waals surface area (Å²) in [6, 6.07) is 30.4. The standard InChI is InChI=1S/C32H28N4O5S/c1-2-29(32(39)33-24-15-7-4-8-16-24)42-26-18-11-17-25(21-26)34-31(38)27(35-30(37)22-12-5-3-6-13-22)20-23-14-9-10-19-28(23)36(40)41/h3-21,29H,2H2,1H3,(H,33,39)(H,34,38)(H,35,37)/b27-20+. The third-order valence-corrected chi connectivity index (χ3v) is 7.39. The van der Waals surface area contributed by atoms with E-state index in [1.54, 1.807) is 54.6 Å². The second-order valence-corrected chi connectivity index (χ2v) is 10.3. The molecule has 0 heterocycles. The number of nitrogens with zero attached hydrogens (tertiary/aromatic N) is 1. The summed E-state index contributed by atoms with van der Waals surface area (Å²) in [4.78, 5) is 51.0. The van der Waals surface area contributed by atoms with Crippen molar-refractivity contribution in [1.82, 2.24) is 5.32 Å². The first-order valence-electron chi connectivity index (χ1n) is 13.1. The van der Waals surface area contributed by atoms with Gasteiger partial charge in [0.15, 0.2) is 0 Å². The first-order chi connectivity index (χ1) is 20.3. The van der Waals surface area contributed by atoms with Crippen molar-refractivity contribution in [3.8, 4) is 0 Å². The van der Waals surface area contributed by atoms with Gasteiger partial charge in [0.05, 0.1) is 15.7 Å². The van der Waals surface area contributed by atoms with Gasteiger partial charge in [-0.3, -0.25) is 24.5 Å². The number of hydrogen-bond acceptors (Lipinski definition) is 6. The number of amides is 3. The van der Waals surface area contributed by atoms with E-state index in [1.807, 2.05) is 43.3 Å². The fourth-order valence-corrected chi connectivity index (χ4v) is 4.96. The van der Waals surface area contributed by atoms with Crippen LogP contribution in [0.15, 0.2) is 120 Å². The van der Waals surface area contributed by atoms with Crippen molar-refractivity contribution in [2.45, 2.75) is 23.5 Å². The Balaban J connectivity index is 1.55. The lowest BCUT2D eigenvalue weighted by Crippen LogP contribution is -2.30. The minimum atomic E-state index is -0.673. The van der Waals surface area contributed by atoms with Gasteiger partial charge in [0, 0.05) is 27.9 Å². The summed E-state index contributed by atoms with van der Waals surface area (Å²) in [6.45, 7) is 1.92. The van der Waals surface area contributed by atoms with Crippen molar-refractivity contribution in [3.63, 3.8) is 0 Å². The Morgan fingerprint density at radius 2 is 1.48 bits per heavy atom. The topological polar surface area (TPSA) is 130 Å². The van der Waals surface area contributed by atoms with Gasteiger partial charge in [-0.15, -0.1) is 11.8 Å². The molecule has 0 saturated heterocycles. The summed E-state index contributed by atoms with van der Waals surface area (Å²) in [6.07, 6.45) is 1.85. The number of benzene rings is 4. The van der Waals surface area contributed by atoms with Gasteiger partial charge in [-0.2, -0.15) is 0 Å². The molecule has 0 saturated carbocycles. The fraction of sp³-hybridized carbons (Fsp3) is 0.0938. The molecule has 3 amide bonds. The smallest absolute Gasteiger partial charge is 0.276 e. The lowest BCUT2D eigenvalue weighted by Gasteiger charge is -2.16. The predicted molar refractivity (Wildman–Crippen MR) is 165 cm³/mol. The van der Waals surface area contributed by atoms with Crippen LogP contribution in [0.25, 0.3) is 6.08 Å². The van der Waals surface area contributed by atoms with Gasteiger partial charge in [0.2, 0.25) is 5.91 Å². The molecule has 42 heavy (non-hydrogen) atoms. The third kappa shape index (κ3) is 8.15. The van der Waals surface area contributed by atoms with E-state index in [4.69, 9.17) is 0 Å². The van der Waals surface area contributed by atoms with Crippen LogP contribution in [0.2, 0.25) is 0 Å². The molecule has 0 fully saturated rings. The van der Waals surface area contributed by atoms with Crippen molar-refractivity contribution in [2.75, 3.05) is 10.6 Å². The minimum absolute atomic E-state index is 0.138. The highest BCUT2D eigenvalue weighted by Gasteiger charge is 2.20. The number of nitrogens with one attached hydrogen (secondary N) is 3. The van der Waals surface area contributed by atoms with Crippen LogP contribution in [0.5, 0.6) is 0 Å². The maximum atomic E-state index is 13.4. The second kappa shape index (κ2) is 14.4. The average molecular weight is 581 g/mol. The van der Waals surface area contributed by atoms with Gasteiger partial charge in [0.25, 0.3) is 17.5 Å². The number of rotatable bonds is 11. The molecule has 0 aliphatic heterocycles. The molecule has 0 bridgehead atoms. The highest BCUT2D eigenvalue weighted by atomic mass is 32.2. The van der Waals surface area contributed by atoms with E-state index in [2.05, 4.69) is 16.0 Å². The molecule has 1 atom stereocenters. The maximum absolute atomic E-state index is 13.4. The molecule has 0 aromatic heterocycles. The molecule has 4 aromatic rings. The monoisotopic (exact) mass is 580 g/mol. The number of anilines is 2. The van der Waals surface area contributed by atoms with Gasteiger partial charge in [-0.25, -0.2) is 0 Å². The Hall–Kier alpha value is -5.22. The van der Waals surface area contributed by atoms with E-state index in [1.165, 1.54) is 36.0 Å². The van der Waals surface area contributed by atoms with Crippen LogP contribution < -0.4 is 16.0 Å². The Bertz CT molecular complexity index is 1610. The van der Waals surface area contributed by atoms with Crippen LogP contribution in [0.3, 0.4) is 0 Å². The highest BCUT2D eigenvalue weighted by molar-refractivity contribution is 8.00. The number of carbonyl (C=O) groups is 3. The fourth-order valence-electron chi connectivity index (χ4n) is 3.95. The van der Waals surface area contributed by atoms with Gasteiger partial charge < -0.3 is 16.0 Å². The number of nitro groups is 1. The Morgan fingerprint density at radius 1 is 0.833 bits per heavy atom. The lowest BCUT2D eigenvalue weighted by atomic mass is 10.1. The molecule has 9 nitrogen and oxygen atoms in total. The zero-order chi connectivity index (χ0) is 29.9. The third-order valence-electron chi connectivity index (χ3n) is 6.04. The summed E-state index contributed by atoms with van der Waals surface area (Å²) in [5.41, 5.74) is 1.21. The van der Waals surface area contributed by atoms with Crippen LogP contribution in [-0.2, 0) is 9.59 Å². The number of para-hydroxylation sites is 2. The van der Waals surface area contributed by atoms with Crippen LogP contribution in [0, 0.1) is 10.1 Å². The molecule has 1 unspecified atom stereocenters. The lowest BCUT2D eigenvalue weighted by molar-refractivity contribution is -0.385. The Labute approximate surface area is 247 Å². The summed E-state index contributed by atoms with van der Waals surface area (Å²) in [5, 5.41) is 19.5. The molecule has 4 aromatic carbocycles. The molecule has 0 radical (unpaired) electrons. The van der Waals surface area contributed by atoms with E-state index in [0.29, 0.717) is 23.4 Å². The van der Waals surface area contributed by atoms with Crippen molar-refractivity contribution >= 4 is 52.6 Å². The first kappa shape index (κ1) is 29.8. The molecule has 212 valence electrons. The van der Waals surface area contributed by atoms with E-state index >= 15 is 0 Å². The molecule has 0 aliphatic rings. The van der Waals surface area contributed by atoms with E-state index < -0.39 is 16.7 Å². The van der Waals surface area contributed by atoms with Gasteiger partial charge >= 0.3 is 0 Å². The molecule has 0 spiro atoms. The van der Waals surface area contributed by atoms with E-state index in [0.717, 1.165) is 4.90 Å². The molecule has 4 rings (SSSR count). The number of carbonyl (C=O) groups excluding carboxylic acids is 3. The Morgan fingerprint density at radius 3 is 2.17 bits per heavy atom. The first-order valence-corrected chi connectivity index (χ1v) is 14.0. The second-order valence-electron chi connectivity index (χ2n) is 9.05. The van der Waals surface area contributed by atoms with Crippen LogP contribution >= 0.6 is 11.8 Å². The quantitative estimate of drug-likeness (QED) is 0.0802. The van der Waals surface area contributed by atoms with E-state index in [9.17, 15) is 24.5 Å². The van der Waals surface area contributed by atoms with Crippen molar-refractivity contribution < 1.29 is 19.3 Å². The van der Waals surface area contributed by atoms with Gasteiger partial charge in [-0.05, 0) is 61.0 Å². The van der Waals surface area contributed by atoms with Gasteiger partial charge in [0.1, 0.15) is 5.70 Å². The molecular weight excluding hydrogens is 552 g/mol. The number of hydrogen-bond donors (Lipinski definition) is 3. The van der Waals surface area contributed by atoms with Crippen LogP contribution in [0.1, 0.15) is 29.3 Å². The van der Waals surface area contributed by atoms with E-state index in [-0.39, 0.29) is 28.1 Å². The normalized spacial score (nSPS) is 11.7. The van der Waals surface area contributed by atoms with Gasteiger partial charge in [-0.1, -0.05) is 61.5 Å². The van der Waals surface area contributed by atoms with Crippen molar-refractivity contribution in [2.24, 2.45) is 0 Å². The minimum Gasteiger partial charge on any atom is -0.325 e. The van der Waals surface area contributed by atoms with Crippen molar-refractivity contribution in [3.05, 3.63) is 136 Å². The van der Waals surface area contributed by atoms with Crippen LogP contribution in [0.4, 0.5) is 17.1 Å². The zero-order valence-corrected chi connectivity index (χ0v) is 23.5. The average Bonchev–Trinajstić information content (AvgIpc) is 3.00. The summed E-state index contributed by atoms with van der Waals surface area (Å²) >= 11 is 1.36. The highest BCUT2D eigenvalue weighted by Crippen LogP contribution is 2.29. The Kier molecular flexibility index (Phi) is 10.2. The van der Waals surface area contributed by atoms with Crippen molar-refractivity contribution in [1.29, 1.82) is 0 Å². The molecule has 3 N–H and O–H groups in total. The van der Waals surface area contributed by atoms with Crippen LogP contribution in [-0.4, -0.2) is 27.9 Å². The predicted octanol–water partition coefficient (Wildman–Crippen LogP) is 6.51. The maximum Gasteiger partial charge on any atom is 0.276 e. The summed E-state index contributed by atoms with van der Waals surface area (Å²) < 4.78 is 0. The number of thioether (sulfide) groups is 1. The summed E-state index contributed by atoms with van der Waals surface area (Å²) in [5.74, 6) is -1.36. The molecule has 10 heteroatoms. The zero-order valence-electron chi connectivity index (χ0n) is 22.7.